The number of allylic oxidation sites excluding steroid dienone is 3. The van der Waals surface area contributed by atoms with Crippen LogP contribution < -0.4 is 21.3 Å². The summed E-state index contributed by atoms with van der Waals surface area (Å²) in [5, 5.41) is 21.5. The predicted molar refractivity (Wildman–Crippen MR) is 234 cm³/mol. The van der Waals surface area contributed by atoms with E-state index in [0.717, 1.165) is 85.5 Å². The van der Waals surface area contributed by atoms with Gasteiger partial charge in [-0.05, 0) is 130 Å². The van der Waals surface area contributed by atoms with Gasteiger partial charge in [0.15, 0.2) is 0 Å². The van der Waals surface area contributed by atoms with Crippen molar-refractivity contribution in [1.82, 2.24) is 35.6 Å². The number of likely N-dealkylation sites (tertiary alicyclic amines) is 2. The molecule has 5 heterocycles. The van der Waals surface area contributed by atoms with Gasteiger partial charge in [-0.2, -0.15) is 0 Å². The van der Waals surface area contributed by atoms with Crippen molar-refractivity contribution < 1.29 is 32.8 Å². The zero-order valence-corrected chi connectivity index (χ0v) is 37.0. The van der Waals surface area contributed by atoms with Crippen molar-refractivity contribution in [3.63, 3.8) is 0 Å². The van der Waals surface area contributed by atoms with Gasteiger partial charge in [0, 0.05) is 78.2 Å². The standard InChI is InChI=1S/C43H58F2IN9O5/c1-4-29(39(44)45)23-35(26(2)46)50-40(47)32-25-54(27(3)56)22-15-33(32)49-30-13-20-53(21-14-30)17-6-16-52-18-11-28(12-19-52)24-48-34-8-5-7-31-38(34)43(60)55(42(31)59)36-9-10-37(57)51-41(36)58/h5,7-8,23,28,30,36,39,48-49H,4,6,9-22,24-25H2,1-3H3,(H2,47,50)(H,51,57,58)/b29-23+,35-26+. The van der Waals surface area contributed by atoms with Crippen LogP contribution in [-0.4, -0.2) is 132 Å². The van der Waals surface area contributed by atoms with Crippen LogP contribution >= 0.6 is 22.6 Å². The first-order valence-electron chi connectivity index (χ1n) is 21.2. The average Bonchev–Trinajstić information content (AvgIpc) is 3.48. The second kappa shape index (κ2) is 20.6. The number of alkyl halides is 2. The molecule has 0 spiro atoms. The second-order valence-corrected chi connectivity index (χ2v) is 18.0. The highest BCUT2D eigenvalue weighted by Crippen LogP contribution is 2.33. The number of hydrogen-bond acceptors (Lipinski definition) is 10. The molecule has 0 aromatic heterocycles. The second-order valence-electron chi connectivity index (χ2n) is 16.4. The molecule has 5 aliphatic rings. The van der Waals surface area contributed by atoms with E-state index in [1.165, 1.54) is 13.0 Å². The first-order chi connectivity index (χ1) is 28.7. The molecule has 0 saturated carbocycles. The van der Waals surface area contributed by atoms with E-state index in [4.69, 9.17) is 5.41 Å². The Hall–Kier alpha value is -4.23. The number of piperidine rings is 3. The van der Waals surface area contributed by atoms with Crippen molar-refractivity contribution >= 4 is 63.6 Å². The minimum absolute atomic E-state index is 0.000154. The lowest BCUT2D eigenvalue weighted by molar-refractivity contribution is -0.136. The maximum Gasteiger partial charge on any atom is 0.264 e. The lowest BCUT2D eigenvalue weighted by atomic mass is 9.96. The smallest absolute Gasteiger partial charge is 0.264 e. The predicted octanol–water partition coefficient (Wildman–Crippen LogP) is 5.00. The molecule has 5 amide bonds. The quantitative estimate of drug-likeness (QED) is 0.0531. The topological polar surface area (TPSA) is 170 Å². The van der Waals surface area contributed by atoms with Gasteiger partial charge in [-0.25, -0.2) is 8.78 Å². The normalized spacial score (nSPS) is 22.0. The van der Waals surface area contributed by atoms with Crippen LogP contribution in [0.5, 0.6) is 0 Å². The van der Waals surface area contributed by atoms with Crippen molar-refractivity contribution in [2.24, 2.45) is 5.92 Å². The largest absolute Gasteiger partial charge is 0.385 e. The number of carbonyl (C=O) groups excluding carboxylic acids is 5. The first-order valence-corrected chi connectivity index (χ1v) is 22.3. The van der Waals surface area contributed by atoms with Crippen LogP contribution in [0.2, 0.25) is 0 Å². The molecule has 3 saturated heterocycles. The molecule has 6 rings (SSSR count). The fraction of sp³-hybridized carbons (Fsp3) is 0.581. The summed E-state index contributed by atoms with van der Waals surface area (Å²) in [4.78, 5) is 70.9. The SMILES string of the molecule is CC/C(=C\C(NC(=N)C1=C(NC2CCN(CCCN3CCC(CNc4cccc5c4C(=O)N(C4CCC(=O)NC4=O)C5=O)CC3)CC2)CCN(C(C)=O)C1)=C(\C)I)C(F)F. The van der Waals surface area contributed by atoms with Crippen LogP contribution in [0, 0.1) is 11.3 Å². The van der Waals surface area contributed by atoms with E-state index in [2.05, 4.69) is 53.7 Å². The van der Waals surface area contributed by atoms with Crippen molar-refractivity contribution in [3.05, 3.63) is 61.5 Å². The maximum atomic E-state index is 13.6. The van der Waals surface area contributed by atoms with Crippen LogP contribution in [0.1, 0.15) is 99.3 Å². The maximum absolute atomic E-state index is 13.6. The number of imide groups is 2. The average molecular weight is 946 g/mol. The summed E-state index contributed by atoms with van der Waals surface area (Å²) in [6, 6.07) is 4.40. The number of benzene rings is 1. The van der Waals surface area contributed by atoms with Gasteiger partial charge in [-0.1, -0.05) is 13.0 Å². The van der Waals surface area contributed by atoms with Gasteiger partial charge in [-0.15, -0.1) is 0 Å². The van der Waals surface area contributed by atoms with Crippen molar-refractivity contribution in [2.75, 3.05) is 64.2 Å². The molecule has 5 aliphatic heterocycles. The first kappa shape index (κ1) is 45.3. The Bertz CT molecular complexity index is 1930. The number of hydrogen-bond donors (Lipinski definition) is 5. The Balaban J connectivity index is 0.931. The number of fused-ring (bicyclic) bond motifs is 1. The number of halogens is 3. The third-order valence-electron chi connectivity index (χ3n) is 12.4. The van der Waals surface area contributed by atoms with Gasteiger partial charge in [0.2, 0.25) is 17.7 Å². The number of nitrogens with zero attached hydrogens (tertiary/aromatic N) is 4. The molecule has 326 valence electrons. The number of carbonyl (C=O) groups is 5. The summed E-state index contributed by atoms with van der Waals surface area (Å²) in [5.41, 5.74) is 3.25. The Morgan fingerprint density at radius 3 is 2.27 bits per heavy atom. The summed E-state index contributed by atoms with van der Waals surface area (Å²) in [6.07, 6.45) is 4.89. The van der Waals surface area contributed by atoms with Crippen LogP contribution in [0.4, 0.5) is 14.5 Å². The van der Waals surface area contributed by atoms with E-state index in [-0.39, 0.29) is 60.3 Å². The van der Waals surface area contributed by atoms with Crippen molar-refractivity contribution in [3.8, 4) is 0 Å². The highest BCUT2D eigenvalue weighted by molar-refractivity contribution is 14.1. The number of nitrogens with one attached hydrogen (secondary N) is 5. The summed E-state index contributed by atoms with van der Waals surface area (Å²) in [6.45, 7) is 12.5. The number of anilines is 1. The van der Waals surface area contributed by atoms with E-state index in [9.17, 15) is 32.8 Å². The van der Waals surface area contributed by atoms with Gasteiger partial charge < -0.3 is 30.7 Å². The molecule has 5 N–H and O–H groups in total. The lowest BCUT2D eigenvalue weighted by Gasteiger charge is -2.37. The summed E-state index contributed by atoms with van der Waals surface area (Å²) < 4.78 is 27.9. The van der Waals surface area contributed by atoms with Gasteiger partial charge in [0.25, 0.3) is 18.2 Å². The highest BCUT2D eigenvalue weighted by atomic mass is 127. The Morgan fingerprint density at radius 1 is 0.967 bits per heavy atom. The monoisotopic (exact) mass is 945 g/mol. The molecule has 1 aromatic rings. The van der Waals surface area contributed by atoms with E-state index < -0.39 is 36.1 Å². The number of amidine groups is 1. The number of amides is 5. The molecule has 0 aliphatic carbocycles. The van der Waals surface area contributed by atoms with Gasteiger partial charge in [0.05, 0.1) is 17.7 Å². The fourth-order valence-corrected chi connectivity index (χ4v) is 9.04. The minimum Gasteiger partial charge on any atom is -0.385 e. The molecule has 1 aromatic carbocycles. The zero-order valence-electron chi connectivity index (χ0n) is 34.8. The summed E-state index contributed by atoms with van der Waals surface area (Å²) in [7, 11) is 0. The zero-order chi connectivity index (χ0) is 43.1. The molecule has 14 nitrogen and oxygen atoms in total. The third-order valence-corrected chi connectivity index (χ3v) is 13.0. The molecule has 3 fully saturated rings. The summed E-state index contributed by atoms with van der Waals surface area (Å²) >= 11 is 2.08. The molecule has 1 atom stereocenters. The minimum atomic E-state index is -2.58. The molecule has 0 radical (unpaired) electrons. The fourth-order valence-electron chi connectivity index (χ4n) is 8.75. The van der Waals surface area contributed by atoms with Crippen LogP contribution in [-0.2, 0) is 14.4 Å². The van der Waals surface area contributed by atoms with Crippen LogP contribution in [0.15, 0.2) is 50.4 Å². The van der Waals surface area contributed by atoms with Crippen molar-refractivity contribution in [2.45, 2.75) is 97.1 Å². The van der Waals surface area contributed by atoms with E-state index in [1.807, 2.05) is 6.92 Å². The lowest BCUT2D eigenvalue weighted by Crippen LogP contribution is -2.54. The highest BCUT2D eigenvalue weighted by Gasteiger charge is 2.45. The third kappa shape index (κ3) is 11.0. The van der Waals surface area contributed by atoms with Gasteiger partial charge in [0.1, 0.15) is 11.9 Å². The van der Waals surface area contributed by atoms with Gasteiger partial charge in [-0.3, -0.25) is 39.6 Å². The Labute approximate surface area is 364 Å². The molecule has 0 bridgehead atoms. The molecule has 60 heavy (non-hydrogen) atoms. The Morgan fingerprint density at radius 2 is 1.65 bits per heavy atom. The number of rotatable bonds is 15. The van der Waals surface area contributed by atoms with E-state index in [0.29, 0.717) is 42.4 Å². The van der Waals surface area contributed by atoms with Crippen LogP contribution in [0.25, 0.3) is 0 Å². The molecule has 17 heteroatoms. The van der Waals surface area contributed by atoms with E-state index in [1.54, 1.807) is 30.0 Å². The van der Waals surface area contributed by atoms with Crippen molar-refractivity contribution in [1.29, 1.82) is 5.41 Å². The molecular formula is C43H58F2IN9O5. The van der Waals surface area contributed by atoms with E-state index >= 15 is 0 Å². The van der Waals surface area contributed by atoms with Gasteiger partial charge >= 0.3 is 0 Å². The molecule has 1 unspecified atom stereocenters. The molecular weight excluding hydrogens is 887 g/mol. The Kier molecular flexibility index (Phi) is 15.5. The van der Waals surface area contributed by atoms with Crippen LogP contribution in [0.3, 0.4) is 0 Å². The summed E-state index contributed by atoms with van der Waals surface area (Å²) in [5.74, 6) is -1.56.